The lowest BCUT2D eigenvalue weighted by Gasteiger charge is -2.29. The van der Waals surface area contributed by atoms with Crippen molar-refractivity contribution in [2.75, 3.05) is 20.3 Å². The molecule has 0 spiro atoms. The number of amides is 2. The molecule has 1 N–H and O–H groups in total. The van der Waals surface area contributed by atoms with Gasteiger partial charge in [-0.1, -0.05) is 25.3 Å². The maximum Gasteiger partial charge on any atom is 0.264 e. The quantitative estimate of drug-likeness (QED) is 0.183. The van der Waals surface area contributed by atoms with Crippen LogP contribution in [0.5, 0.6) is 5.75 Å². The standard InChI is InChI=1S/C41H51N5O6S/c1-25(2)45(24-32-13-10-18-52-32)41(48)35-22-42-44(5)38(35)30-19-29-20-31(51-6)15-17-33(29)39-37(27-11-8-7-9-12-27)34-16-14-28(21-36(34)46(39)23-30)40(47)43-53(49,50)26(3)4/h14-17,19-22,25-27,32H,7-13,18,23-24H2,1-6H3,(H,43,47). The molecule has 2 aromatic heterocycles. The molecular weight excluding hydrogens is 691 g/mol. The fraction of sp³-hybridized carbons (Fsp3) is 0.488. The summed E-state index contributed by atoms with van der Waals surface area (Å²) in [6, 6.07) is 11.6. The number of ether oxygens (including phenoxy) is 2. The predicted octanol–water partition coefficient (Wildman–Crippen LogP) is 7.15. The molecule has 7 rings (SSSR count). The van der Waals surface area contributed by atoms with Gasteiger partial charge in [0.1, 0.15) is 5.75 Å². The van der Waals surface area contributed by atoms with Crippen molar-refractivity contribution in [1.29, 1.82) is 0 Å². The van der Waals surface area contributed by atoms with E-state index in [1.54, 1.807) is 37.9 Å². The number of methoxy groups -OCH3 is 1. The lowest BCUT2D eigenvalue weighted by atomic mass is 9.81. The number of rotatable bonds is 10. The lowest BCUT2D eigenvalue weighted by Crippen LogP contribution is -2.42. The molecule has 4 heterocycles. The molecule has 53 heavy (non-hydrogen) atoms. The third kappa shape index (κ3) is 7.03. The third-order valence-electron chi connectivity index (χ3n) is 11.2. The summed E-state index contributed by atoms with van der Waals surface area (Å²) in [5.74, 6) is 0.272. The van der Waals surface area contributed by atoms with E-state index in [9.17, 15) is 18.0 Å². The number of aryl methyl sites for hydroxylation is 1. The molecule has 1 saturated carbocycles. The maximum atomic E-state index is 14.5. The highest BCUT2D eigenvalue weighted by Crippen LogP contribution is 2.48. The van der Waals surface area contributed by atoms with E-state index in [-0.39, 0.29) is 23.6 Å². The summed E-state index contributed by atoms with van der Waals surface area (Å²) < 4.78 is 43.4. The number of carbonyl (C=O) groups excluding carboxylic acids is 2. The molecule has 3 aliphatic rings. The Kier molecular flexibility index (Phi) is 10.3. The smallest absolute Gasteiger partial charge is 0.264 e. The van der Waals surface area contributed by atoms with E-state index in [2.05, 4.69) is 26.5 Å². The molecule has 1 unspecified atom stereocenters. The fourth-order valence-corrected chi connectivity index (χ4v) is 8.91. The van der Waals surface area contributed by atoms with Gasteiger partial charge in [0.15, 0.2) is 0 Å². The number of nitrogens with one attached hydrogen (secondary N) is 1. The van der Waals surface area contributed by atoms with Gasteiger partial charge in [-0.25, -0.2) is 13.1 Å². The van der Waals surface area contributed by atoms with E-state index < -0.39 is 21.2 Å². The van der Waals surface area contributed by atoms with Crippen molar-refractivity contribution >= 4 is 44.4 Å². The molecule has 1 atom stereocenters. The lowest BCUT2D eigenvalue weighted by molar-refractivity contribution is 0.0453. The van der Waals surface area contributed by atoms with E-state index in [0.29, 0.717) is 36.9 Å². The number of hydrogen-bond acceptors (Lipinski definition) is 7. The highest BCUT2D eigenvalue weighted by atomic mass is 32.2. The van der Waals surface area contributed by atoms with Gasteiger partial charge in [-0.05, 0) is 112 Å². The Balaban J connectivity index is 1.42. The van der Waals surface area contributed by atoms with Gasteiger partial charge >= 0.3 is 0 Å². The van der Waals surface area contributed by atoms with Gasteiger partial charge in [-0.3, -0.25) is 14.3 Å². The summed E-state index contributed by atoms with van der Waals surface area (Å²) in [6.45, 7) is 8.76. The molecule has 0 bridgehead atoms. The van der Waals surface area contributed by atoms with Gasteiger partial charge < -0.3 is 18.9 Å². The van der Waals surface area contributed by atoms with Crippen LogP contribution in [0.15, 0.2) is 42.6 Å². The summed E-state index contributed by atoms with van der Waals surface area (Å²) in [4.78, 5) is 29.9. The summed E-state index contributed by atoms with van der Waals surface area (Å²) in [7, 11) is -0.315. The minimum Gasteiger partial charge on any atom is -0.497 e. The van der Waals surface area contributed by atoms with Gasteiger partial charge in [0, 0.05) is 48.3 Å². The highest BCUT2D eigenvalue weighted by Gasteiger charge is 2.33. The van der Waals surface area contributed by atoms with Crippen LogP contribution in [0.3, 0.4) is 0 Å². The van der Waals surface area contributed by atoms with Crippen LogP contribution in [-0.2, 0) is 28.4 Å². The van der Waals surface area contributed by atoms with Crippen molar-refractivity contribution < 1.29 is 27.5 Å². The first kappa shape index (κ1) is 36.9. The Morgan fingerprint density at radius 1 is 1.02 bits per heavy atom. The van der Waals surface area contributed by atoms with Gasteiger partial charge in [0.2, 0.25) is 10.0 Å². The summed E-state index contributed by atoms with van der Waals surface area (Å²) in [5, 5.41) is 4.93. The summed E-state index contributed by atoms with van der Waals surface area (Å²) in [6.07, 6.45) is 11.3. The van der Waals surface area contributed by atoms with E-state index in [4.69, 9.17) is 9.47 Å². The van der Waals surface area contributed by atoms with Crippen molar-refractivity contribution in [3.63, 3.8) is 0 Å². The molecule has 12 heteroatoms. The Bertz CT molecular complexity index is 2180. The van der Waals surface area contributed by atoms with Crippen LogP contribution in [0.2, 0.25) is 0 Å². The minimum absolute atomic E-state index is 0.00633. The Morgan fingerprint density at radius 3 is 2.47 bits per heavy atom. The molecule has 2 aromatic carbocycles. The zero-order valence-corrected chi connectivity index (χ0v) is 32.5. The largest absolute Gasteiger partial charge is 0.497 e. The average Bonchev–Trinajstić information content (AvgIpc) is 3.85. The Labute approximate surface area is 312 Å². The zero-order valence-electron chi connectivity index (χ0n) is 31.6. The number of carbonyl (C=O) groups is 2. The second-order valence-corrected chi connectivity index (χ2v) is 17.5. The monoisotopic (exact) mass is 741 g/mol. The number of fused-ring (bicyclic) bond motifs is 5. The van der Waals surface area contributed by atoms with Crippen molar-refractivity contribution in [2.45, 2.75) is 102 Å². The van der Waals surface area contributed by atoms with Gasteiger partial charge in [-0.15, -0.1) is 0 Å². The number of hydrogen-bond donors (Lipinski definition) is 1. The van der Waals surface area contributed by atoms with Gasteiger partial charge in [-0.2, -0.15) is 5.10 Å². The highest BCUT2D eigenvalue weighted by molar-refractivity contribution is 7.90. The van der Waals surface area contributed by atoms with Gasteiger partial charge in [0.25, 0.3) is 11.8 Å². The summed E-state index contributed by atoms with van der Waals surface area (Å²) >= 11 is 0. The minimum atomic E-state index is -3.84. The van der Waals surface area contributed by atoms with Crippen LogP contribution in [0.1, 0.15) is 116 Å². The fourth-order valence-electron chi connectivity index (χ4n) is 8.30. The third-order valence-corrected chi connectivity index (χ3v) is 12.9. The van der Waals surface area contributed by atoms with Gasteiger partial charge in [0.05, 0.1) is 48.2 Å². The van der Waals surface area contributed by atoms with Crippen LogP contribution in [0.4, 0.5) is 0 Å². The average molecular weight is 742 g/mol. The molecule has 2 amide bonds. The van der Waals surface area contributed by atoms with E-state index in [1.807, 2.05) is 50.1 Å². The maximum absolute atomic E-state index is 14.5. The zero-order chi connectivity index (χ0) is 37.6. The number of allylic oxidation sites excluding steroid dienone is 1. The molecule has 282 valence electrons. The predicted molar refractivity (Wildman–Crippen MR) is 207 cm³/mol. The molecule has 2 aliphatic heterocycles. The topological polar surface area (TPSA) is 125 Å². The van der Waals surface area contributed by atoms with E-state index >= 15 is 0 Å². The van der Waals surface area contributed by atoms with E-state index in [1.165, 1.54) is 12.0 Å². The first-order valence-electron chi connectivity index (χ1n) is 18.9. The van der Waals surface area contributed by atoms with E-state index in [0.717, 1.165) is 77.6 Å². The first-order chi connectivity index (χ1) is 25.4. The molecule has 11 nitrogen and oxygen atoms in total. The Morgan fingerprint density at radius 2 is 1.79 bits per heavy atom. The van der Waals surface area contributed by atoms with Crippen LogP contribution in [0, 0.1) is 0 Å². The van der Waals surface area contributed by atoms with Crippen LogP contribution in [0.25, 0.3) is 33.8 Å². The number of sulfonamides is 1. The summed E-state index contributed by atoms with van der Waals surface area (Å²) in [5.41, 5.74) is 7.51. The second kappa shape index (κ2) is 14.8. The second-order valence-electron chi connectivity index (χ2n) is 15.3. The molecule has 1 saturated heterocycles. The molecule has 0 radical (unpaired) electrons. The first-order valence-corrected chi connectivity index (χ1v) is 20.5. The van der Waals surface area contributed by atoms with Crippen LogP contribution < -0.4 is 9.46 Å². The van der Waals surface area contributed by atoms with Crippen molar-refractivity contribution in [3.8, 4) is 17.0 Å². The SMILES string of the molecule is COc1ccc2c(c1)C=C(c1c(C(=O)N(CC3CCCO3)C(C)C)cnn1C)Cn1c-2c(C2CCCCC2)c2ccc(C(=O)NS(=O)(=O)C(C)C)cc21. The molecule has 4 aromatic rings. The molecule has 1 aliphatic carbocycles. The van der Waals surface area contributed by atoms with Crippen LogP contribution >= 0.6 is 0 Å². The normalized spacial score (nSPS) is 17.8. The molecule has 2 fully saturated rings. The molecular formula is C41H51N5O6S. The van der Waals surface area contributed by atoms with Crippen molar-refractivity contribution in [1.82, 2.24) is 24.0 Å². The van der Waals surface area contributed by atoms with Crippen molar-refractivity contribution in [3.05, 3.63) is 70.5 Å². The van der Waals surface area contributed by atoms with Crippen molar-refractivity contribution in [2.24, 2.45) is 7.05 Å². The number of nitrogens with zero attached hydrogens (tertiary/aromatic N) is 4. The number of aromatic nitrogens is 3. The Hall–Kier alpha value is -4.42. The number of benzene rings is 2. The van der Waals surface area contributed by atoms with Crippen LogP contribution in [-0.4, -0.2) is 77.1 Å².